The summed E-state index contributed by atoms with van der Waals surface area (Å²) < 4.78 is 0. The van der Waals surface area contributed by atoms with Crippen molar-refractivity contribution in [3.8, 4) is 33.0 Å². The average Bonchev–Trinajstić information content (AvgIpc) is 3.24. The Kier molecular flexibility index (Phi) is 4.04. The summed E-state index contributed by atoms with van der Waals surface area (Å²) in [5.74, 6) is 0. The molecule has 5 aromatic rings. The molecule has 1 aromatic heterocycles. The van der Waals surface area contributed by atoms with E-state index in [9.17, 15) is 0 Å². The normalized spacial score (nSPS) is 11.0. The molecule has 0 saturated heterocycles. The Morgan fingerprint density at radius 1 is 0.593 bits per heavy atom. The fourth-order valence-corrected chi connectivity index (χ4v) is 4.30. The minimum Gasteiger partial charge on any atom is -0.236 e. The summed E-state index contributed by atoms with van der Waals surface area (Å²) in [7, 11) is 0. The zero-order valence-corrected chi connectivity index (χ0v) is 15.5. The van der Waals surface area contributed by atoms with Gasteiger partial charge >= 0.3 is 0 Å². The van der Waals surface area contributed by atoms with Gasteiger partial charge in [-0.25, -0.2) is 4.98 Å². The molecule has 4 aromatic carbocycles. The number of benzene rings is 4. The summed E-state index contributed by atoms with van der Waals surface area (Å²) in [5, 5.41) is 5.71. The highest BCUT2D eigenvalue weighted by atomic mass is 32.1. The van der Waals surface area contributed by atoms with E-state index < -0.39 is 0 Å². The Hall–Kier alpha value is -3.23. The van der Waals surface area contributed by atoms with Gasteiger partial charge in [0, 0.05) is 16.5 Å². The van der Waals surface area contributed by atoms with Crippen molar-refractivity contribution in [3.63, 3.8) is 0 Å². The van der Waals surface area contributed by atoms with Gasteiger partial charge in [-0.15, -0.1) is 11.3 Å². The third-order valence-electron chi connectivity index (χ3n) is 4.79. The number of fused-ring (bicyclic) bond motifs is 1. The predicted molar refractivity (Wildman–Crippen MR) is 116 cm³/mol. The Morgan fingerprint density at radius 3 is 2.22 bits per heavy atom. The van der Waals surface area contributed by atoms with Crippen LogP contribution in [0, 0.1) is 0 Å². The van der Waals surface area contributed by atoms with E-state index in [0.29, 0.717) is 0 Å². The summed E-state index contributed by atoms with van der Waals surface area (Å²) in [6.45, 7) is 0. The van der Waals surface area contributed by atoms with E-state index in [0.717, 1.165) is 16.3 Å². The van der Waals surface area contributed by atoms with Crippen LogP contribution in [0.15, 0.2) is 102 Å². The minimum atomic E-state index is 1.03. The van der Waals surface area contributed by atoms with E-state index in [1.54, 1.807) is 11.3 Å². The lowest BCUT2D eigenvalue weighted by Crippen LogP contribution is -1.83. The van der Waals surface area contributed by atoms with E-state index in [1.807, 2.05) is 6.07 Å². The molecule has 27 heavy (non-hydrogen) atoms. The molecule has 0 bridgehead atoms. The van der Waals surface area contributed by atoms with Crippen molar-refractivity contribution in [2.24, 2.45) is 0 Å². The minimum absolute atomic E-state index is 1.03. The van der Waals surface area contributed by atoms with Gasteiger partial charge in [0.05, 0.1) is 5.69 Å². The van der Waals surface area contributed by atoms with Crippen LogP contribution < -0.4 is 0 Å². The molecule has 0 aliphatic rings. The fraction of sp³-hybridized carbons (Fsp3) is 0. The summed E-state index contributed by atoms with van der Waals surface area (Å²) in [6, 6.07) is 34.0. The van der Waals surface area contributed by atoms with E-state index in [2.05, 4.69) is 96.4 Å². The first-order valence-electron chi connectivity index (χ1n) is 8.98. The first-order chi connectivity index (χ1) is 13.4. The summed E-state index contributed by atoms with van der Waals surface area (Å²) >= 11 is 1.70. The molecular formula is C25H17NS. The monoisotopic (exact) mass is 363 g/mol. The van der Waals surface area contributed by atoms with E-state index in [1.165, 1.54) is 27.5 Å². The van der Waals surface area contributed by atoms with Crippen LogP contribution in [0.4, 0.5) is 0 Å². The maximum Gasteiger partial charge on any atom is 0.124 e. The van der Waals surface area contributed by atoms with Crippen LogP contribution in [0.5, 0.6) is 0 Å². The molecule has 0 fully saturated rings. The molecule has 0 atom stereocenters. The number of rotatable bonds is 3. The highest BCUT2D eigenvalue weighted by Gasteiger charge is 2.10. The molecule has 0 radical (unpaired) electrons. The molecule has 0 spiro atoms. The van der Waals surface area contributed by atoms with Crippen LogP contribution in [0.1, 0.15) is 0 Å². The quantitative estimate of drug-likeness (QED) is 0.328. The van der Waals surface area contributed by atoms with Gasteiger partial charge < -0.3 is 0 Å². The summed E-state index contributed by atoms with van der Waals surface area (Å²) in [5.41, 5.74) is 5.82. The Balaban J connectivity index is 1.56. The number of hydrogen-bond acceptors (Lipinski definition) is 2. The summed E-state index contributed by atoms with van der Waals surface area (Å²) in [6.07, 6.45) is 0. The van der Waals surface area contributed by atoms with Gasteiger partial charge in [-0.1, -0.05) is 91.0 Å². The largest absolute Gasteiger partial charge is 0.236 e. The molecule has 0 saturated carbocycles. The maximum absolute atomic E-state index is 4.95. The van der Waals surface area contributed by atoms with Gasteiger partial charge in [-0.2, -0.15) is 0 Å². The Labute approximate surface area is 162 Å². The number of hydrogen-bond donors (Lipinski definition) is 0. The average molecular weight is 363 g/mol. The van der Waals surface area contributed by atoms with Crippen molar-refractivity contribution in [2.75, 3.05) is 0 Å². The van der Waals surface area contributed by atoms with Crippen LogP contribution >= 0.6 is 11.3 Å². The SMILES string of the molecule is c1ccc(-c2cccc(-c3csc(-c4cccc5ccccc45)n3)c2)cc1. The molecule has 0 aliphatic carbocycles. The third-order valence-corrected chi connectivity index (χ3v) is 5.67. The van der Waals surface area contributed by atoms with Crippen LogP contribution in [-0.2, 0) is 0 Å². The van der Waals surface area contributed by atoms with E-state index in [-0.39, 0.29) is 0 Å². The highest BCUT2D eigenvalue weighted by Crippen LogP contribution is 2.34. The van der Waals surface area contributed by atoms with Gasteiger partial charge in [0.1, 0.15) is 5.01 Å². The maximum atomic E-state index is 4.95. The number of nitrogens with zero attached hydrogens (tertiary/aromatic N) is 1. The highest BCUT2D eigenvalue weighted by molar-refractivity contribution is 7.13. The van der Waals surface area contributed by atoms with Crippen LogP contribution in [0.3, 0.4) is 0 Å². The van der Waals surface area contributed by atoms with Crippen molar-refractivity contribution in [1.82, 2.24) is 4.98 Å². The van der Waals surface area contributed by atoms with Gasteiger partial charge in [0.15, 0.2) is 0 Å². The van der Waals surface area contributed by atoms with Gasteiger partial charge in [-0.05, 0) is 28.0 Å². The number of thiazole rings is 1. The van der Waals surface area contributed by atoms with Crippen molar-refractivity contribution < 1.29 is 0 Å². The molecule has 0 aliphatic heterocycles. The van der Waals surface area contributed by atoms with Crippen LogP contribution in [0.2, 0.25) is 0 Å². The molecule has 0 N–H and O–H groups in total. The molecule has 1 nitrogen and oxygen atoms in total. The Morgan fingerprint density at radius 2 is 1.30 bits per heavy atom. The van der Waals surface area contributed by atoms with E-state index >= 15 is 0 Å². The third kappa shape index (κ3) is 3.05. The molecular weight excluding hydrogens is 346 g/mol. The van der Waals surface area contributed by atoms with Gasteiger partial charge in [0.2, 0.25) is 0 Å². The lowest BCUT2D eigenvalue weighted by Gasteiger charge is -2.04. The Bertz CT molecular complexity index is 1220. The smallest absolute Gasteiger partial charge is 0.124 e. The molecule has 5 rings (SSSR count). The predicted octanol–water partition coefficient (Wildman–Crippen LogP) is 7.30. The second kappa shape index (κ2) is 6.82. The van der Waals surface area contributed by atoms with Crippen molar-refractivity contribution in [2.45, 2.75) is 0 Å². The topological polar surface area (TPSA) is 12.9 Å². The molecule has 0 unspecified atom stereocenters. The van der Waals surface area contributed by atoms with Crippen molar-refractivity contribution >= 4 is 22.1 Å². The first-order valence-corrected chi connectivity index (χ1v) is 9.86. The first kappa shape index (κ1) is 16.0. The van der Waals surface area contributed by atoms with Crippen molar-refractivity contribution in [3.05, 3.63) is 102 Å². The summed E-state index contributed by atoms with van der Waals surface area (Å²) in [4.78, 5) is 4.95. The fourth-order valence-electron chi connectivity index (χ4n) is 3.43. The standard InChI is InChI=1S/C25H17NS/c1-2-8-18(9-3-1)20-12-6-13-21(16-20)24-17-27-25(26-24)23-15-7-11-19-10-4-5-14-22(19)23/h1-17H. The molecule has 128 valence electrons. The lowest BCUT2D eigenvalue weighted by molar-refractivity contribution is 1.41. The number of aromatic nitrogens is 1. The van der Waals surface area contributed by atoms with Gasteiger partial charge in [0.25, 0.3) is 0 Å². The molecule has 2 heteroatoms. The zero-order chi connectivity index (χ0) is 18.1. The van der Waals surface area contributed by atoms with E-state index in [4.69, 9.17) is 4.98 Å². The van der Waals surface area contributed by atoms with Crippen molar-refractivity contribution in [1.29, 1.82) is 0 Å². The molecule has 0 amide bonds. The zero-order valence-electron chi connectivity index (χ0n) is 14.7. The van der Waals surface area contributed by atoms with Crippen LogP contribution in [0.25, 0.3) is 43.7 Å². The van der Waals surface area contributed by atoms with Gasteiger partial charge in [-0.3, -0.25) is 0 Å². The second-order valence-electron chi connectivity index (χ2n) is 6.51. The molecule has 1 heterocycles. The lowest BCUT2D eigenvalue weighted by atomic mass is 10.0. The van der Waals surface area contributed by atoms with Crippen LogP contribution in [-0.4, -0.2) is 4.98 Å². The second-order valence-corrected chi connectivity index (χ2v) is 7.37.